The van der Waals surface area contributed by atoms with Crippen LogP contribution in [0.25, 0.3) is 0 Å². The molecule has 14 heavy (non-hydrogen) atoms. The molecule has 0 aromatic rings. The highest BCUT2D eigenvalue weighted by atomic mass is 16.2. The van der Waals surface area contributed by atoms with Crippen molar-refractivity contribution in [1.29, 1.82) is 0 Å². The van der Waals surface area contributed by atoms with Crippen molar-refractivity contribution in [2.24, 2.45) is 9.98 Å². The first-order chi connectivity index (χ1) is 6.63. The van der Waals surface area contributed by atoms with Crippen LogP contribution in [0.15, 0.2) is 46.4 Å². The molecule has 0 aromatic carbocycles. The first-order valence-corrected chi connectivity index (χ1v) is 3.82. The quantitative estimate of drug-likeness (QED) is 0.418. The highest BCUT2D eigenvalue weighted by Gasteiger charge is 2.10. The van der Waals surface area contributed by atoms with Gasteiger partial charge in [0.15, 0.2) is 0 Å². The van der Waals surface area contributed by atoms with Crippen LogP contribution >= 0.6 is 0 Å². The van der Waals surface area contributed by atoms with E-state index in [2.05, 4.69) is 23.3 Å². The van der Waals surface area contributed by atoms with Gasteiger partial charge < -0.3 is 0 Å². The monoisotopic (exact) mass is 188 g/mol. The summed E-state index contributed by atoms with van der Waals surface area (Å²) < 4.78 is 0. The molecule has 0 atom stereocenters. The Kier molecular flexibility index (Phi) is 3.01. The van der Waals surface area contributed by atoms with E-state index in [1.807, 2.05) is 0 Å². The largest absolute Gasteiger partial charge is 0.337 e. The summed E-state index contributed by atoms with van der Waals surface area (Å²) in [5.41, 5.74) is 1.21. The fourth-order valence-corrected chi connectivity index (χ4v) is 0.803. The Morgan fingerprint density at radius 1 is 1.07 bits per heavy atom. The van der Waals surface area contributed by atoms with Crippen LogP contribution in [0.1, 0.15) is 0 Å². The molecule has 0 aliphatic heterocycles. The van der Waals surface area contributed by atoms with Crippen LogP contribution in [0, 0.1) is 0 Å². The second kappa shape index (κ2) is 4.23. The number of hydrogen-bond acceptors (Lipinski definition) is 2. The van der Waals surface area contributed by atoms with Gasteiger partial charge in [-0.2, -0.15) is 0 Å². The van der Waals surface area contributed by atoms with Crippen molar-refractivity contribution in [3.63, 3.8) is 0 Å². The third-order valence-corrected chi connectivity index (χ3v) is 1.49. The maximum Gasteiger partial charge on any atom is 0.337 e. The van der Waals surface area contributed by atoms with Gasteiger partial charge in [0.25, 0.3) is 0 Å². The lowest BCUT2D eigenvalue weighted by atomic mass is 10.1. The highest BCUT2D eigenvalue weighted by molar-refractivity contribution is 6.39. The fraction of sp³-hybridized carbons (Fsp3) is 0. The van der Waals surface area contributed by atoms with E-state index in [9.17, 15) is 9.59 Å². The molecule has 0 saturated heterocycles. The molecule has 0 fully saturated rings. The van der Waals surface area contributed by atoms with E-state index in [4.69, 9.17) is 0 Å². The van der Waals surface area contributed by atoms with E-state index in [-0.39, 0.29) is 0 Å². The topological polar surface area (TPSA) is 58.9 Å². The smallest absolute Gasteiger partial charge is 0.261 e. The second-order valence-electron chi connectivity index (χ2n) is 2.55. The van der Waals surface area contributed by atoms with Gasteiger partial charge >= 0.3 is 11.8 Å². The van der Waals surface area contributed by atoms with Crippen molar-refractivity contribution in [2.45, 2.75) is 0 Å². The zero-order valence-electron chi connectivity index (χ0n) is 7.43. The summed E-state index contributed by atoms with van der Waals surface area (Å²) in [6.07, 6.45) is 6.57. The Hall–Kier alpha value is -2.10. The second-order valence-corrected chi connectivity index (χ2v) is 2.55. The Morgan fingerprint density at radius 2 is 1.64 bits per heavy atom. The standard InChI is InChI=1S/C10H8N2O2/c1-7-3-5-8(6-4-7)12-10(14)9(13)11-2/h3-6H,1-2H2. The van der Waals surface area contributed by atoms with Crippen molar-refractivity contribution in [1.82, 2.24) is 0 Å². The maximum atomic E-state index is 11.0. The minimum atomic E-state index is -0.955. The van der Waals surface area contributed by atoms with Crippen molar-refractivity contribution >= 4 is 24.2 Å². The van der Waals surface area contributed by atoms with Crippen molar-refractivity contribution in [3.8, 4) is 0 Å². The van der Waals surface area contributed by atoms with Gasteiger partial charge in [-0.1, -0.05) is 18.7 Å². The Morgan fingerprint density at radius 3 is 2.14 bits per heavy atom. The molecule has 1 rings (SSSR count). The van der Waals surface area contributed by atoms with Crippen LogP contribution in [0.5, 0.6) is 0 Å². The average molecular weight is 188 g/mol. The normalized spacial score (nSPS) is 14.0. The summed E-state index contributed by atoms with van der Waals surface area (Å²) in [6, 6.07) is 0. The molecule has 2 amide bonds. The SMILES string of the molecule is C=NC(=O)C(=O)N=C1C=CC(=C)C=C1. The van der Waals surface area contributed by atoms with Crippen molar-refractivity contribution in [3.05, 3.63) is 36.5 Å². The number of nitrogens with zero attached hydrogens (tertiary/aromatic N) is 2. The van der Waals surface area contributed by atoms with E-state index >= 15 is 0 Å². The van der Waals surface area contributed by atoms with Crippen LogP contribution < -0.4 is 0 Å². The third-order valence-electron chi connectivity index (χ3n) is 1.49. The predicted molar refractivity (Wildman–Crippen MR) is 54.4 cm³/mol. The van der Waals surface area contributed by atoms with Gasteiger partial charge in [0.2, 0.25) is 0 Å². The summed E-state index contributed by atoms with van der Waals surface area (Å²) in [4.78, 5) is 28.1. The molecule has 1 aliphatic rings. The number of carbonyl (C=O) groups excluding carboxylic acids is 2. The summed E-state index contributed by atoms with van der Waals surface area (Å²) in [5.74, 6) is -1.87. The van der Waals surface area contributed by atoms with Gasteiger partial charge in [-0.25, -0.2) is 9.98 Å². The molecular weight excluding hydrogens is 180 g/mol. The van der Waals surface area contributed by atoms with Crippen molar-refractivity contribution in [2.75, 3.05) is 0 Å². The van der Waals surface area contributed by atoms with Crippen LogP contribution in [-0.4, -0.2) is 24.2 Å². The average Bonchev–Trinajstić information content (AvgIpc) is 2.20. The van der Waals surface area contributed by atoms with Gasteiger partial charge in [-0.15, -0.1) is 0 Å². The molecule has 0 bridgehead atoms. The molecule has 4 nitrogen and oxygen atoms in total. The van der Waals surface area contributed by atoms with Gasteiger partial charge in [0.1, 0.15) is 0 Å². The molecule has 0 heterocycles. The molecule has 0 saturated carbocycles. The number of rotatable bonds is 0. The van der Waals surface area contributed by atoms with Crippen LogP contribution in [-0.2, 0) is 9.59 Å². The minimum Gasteiger partial charge on any atom is -0.261 e. The summed E-state index contributed by atoms with van der Waals surface area (Å²) in [6.45, 7) is 6.62. The summed E-state index contributed by atoms with van der Waals surface area (Å²) in [5, 5.41) is 0. The number of carbonyl (C=O) groups is 2. The number of amides is 2. The van der Waals surface area contributed by atoms with Gasteiger partial charge in [0, 0.05) is 0 Å². The minimum absolute atomic E-state index is 0.402. The molecular formula is C10H8N2O2. The van der Waals surface area contributed by atoms with E-state index in [1.165, 1.54) is 0 Å². The molecule has 0 radical (unpaired) electrons. The molecule has 0 spiro atoms. The zero-order valence-corrected chi connectivity index (χ0v) is 7.43. The Labute approximate surface area is 81.1 Å². The number of allylic oxidation sites excluding steroid dienone is 5. The summed E-state index contributed by atoms with van der Waals surface area (Å²) >= 11 is 0. The molecule has 1 aliphatic carbocycles. The van der Waals surface area contributed by atoms with Crippen LogP contribution in [0.3, 0.4) is 0 Å². The lowest BCUT2D eigenvalue weighted by molar-refractivity contribution is -0.134. The fourth-order valence-electron chi connectivity index (χ4n) is 0.803. The Bertz CT molecular complexity index is 382. The van der Waals surface area contributed by atoms with E-state index in [0.717, 1.165) is 5.57 Å². The lowest BCUT2D eigenvalue weighted by Gasteiger charge is -1.98. The molecule has 0 unspecified atom stereocenters. The van der Waals surface area contributed by atoms with E-state index in [0.29, 0.717) is 5.71 Å². The third kappa shape index (κ3) is 2.45. The molecule has 0 aromatic heterocycles. The number of hydrogen-bond donors (Lipinski definition) is 0. The zero-order chi connectivity index (χ0) is 10.6. The first-order valence-electron chi connectivity index (χ1n) is 3.82. The highest BCUT2D eigenvalue weighted by Crippen LogP contribution is 2.03. The lowest BCUT2D eigenvalue weighted by Crippen LogP contribution is -2.10. The Balaban J connectivity index is 2.81. The number of aliphatic imine (C=N–C) groups is 2. The van der Waals surface area contributed by atoms with E-state index < -0.39 is 11.8 Å². The van der Waals surface area contributed by atoms with Crippen LogP contribution in [0.4, 0.5) is 0 Å². The molecule has 4 heteroatoms. The molecule has 0 N–H and O–H groups in total. The van der Waals surface area contributed by atoms with Gasteiger partial charge in [0.05, 0.1) is 5.71 Å². The van der Waals surface area contributed by atoms with Crippen molar-refractivity contribution < 1.29 is 9.59 Å². The first kappa shape index (κ1) is 9.98. The molecule has 70 valence electrons. The predicted octanol–water partition coefficient (Wildman–Crippen LogP) is 0.863. The van der Waals surface area contributed by atoms with Crippen LogP contribution in [0.2, 0.25) is 0 Å². The van der Waals surface area contributed by atoms with Gasteiger partial charge in [-0.05, 0) is 24.4 Å². The van der Waals surface area contributed by atoms with Gasteiger partial charge in [-0.3, -0.25) is 9.59 Å². The summed E-state index contributed by atoms with van der Waals surface area (Å²) in [7, 11) is 0. The van der Waals surface area contributed by atoms with E-state index in [1.54, 1.807) is 24.3 Å². The maximum absolute atomic E-state index is 11.0.